The maximum absolute atomic E-state index is 13.5. The van der Waals surface area contributed by atoms with E-state index in [-0.39, 0.29) is 34.6 Å². The van der Waals surface area contributed by atoms with Crippen LogP contribution in [0, 0.1) is 6.92 Å². The van der Waals surface area contributed by atoms with Crippen LogP contribution in [-0.2, 0) is 5.92 Å². The molecule has 2 aromatic rings. The fraction of sp³-hybridized carbons (Fsp3) is 0.250. The maximum atomic E-state index is 13.5. The van der Waals surface area contributed by atoms with E-state index in [1.165, 1.54) is 24.4 Å². The number of alkyl halides is 2. The number of hydrazone groups is 1. The molecule has 25 heavy (non-hydrogen) atoms. The van der Waals surface area contributed by atoms with Gasteiger partial charge >= 0.3 is 6.01 Å². The molecule has 0 radical (unpaired) electrons. The van der Waals surface area contributed by atoms with Gasteiger partial charge in [0.2, 0.25) is 0 Å². The van der Waals surface area contributed by atoms with Gasteiger partial charge in [-0.2, -0.15) is 5.10 Å². The summed E-state index contributed by atoms with van der Waals surface area (Å²) in [6.45, 7) is 2.55. The molecule has 0 unspecified atom stereocenters. The molecule has 6 nitrogen and oxygen atoms in total. The van der Waals surface area contributed by atoms with Gasteiger partial charge in [-0.25, -0.2) is 18.7 Å². The Balaban J connectivity index is 2.09. The van der Waals surface area contributed by atoms with Crippen LogP contribution in [0.5, 0.6) is 6.01 Å². The van der Waals surface area contributed by atoms with E-state index in [0.29, 0.717) is 0 Å². The number of halogens is 3. The highest BCUT2D eigenvalue weighted by atomic mass is 35.5. The van der Waals surface area contributed by atoms with E-state index in [1.54, 1.807) is 19.2 Å². The van der Waals surface area contributed by atoms with Crippen molar-refractivity contribution in [3.8, 4) is 6.01 Å². The van der Waals surface area contributed by atoms with Crippen LogP contribution in [-0.4, -0.2) is 28.5 Å². The van der Waals surface area contributed by atoms with Gasteiger partial charge in [0.1, 0.15) is 12.3 Å². The zero-order chi connectivity index (χ0) is 18.4. The molecule has 1 aromatic heterocycles. The third-order valence-corrected chi connectivity index (χ3v) is 3.40. The number of nitrogens with zero attached hydrogens (tertiary/aromatic N) is 4. The Morgan fingerprint density at radius 2 is 2.16 bits per heavy atom. The number of aromatic nitrogens is 2. The van der Waals surface area contributed by atoms with E-state index >= 15 is 0 Å². The van der Waals surface area contributed by atoms with Crippen LogP contribution in [0.2, 0.25) is 5.02 Å². The van der Waals surface area contributed by atoms with Crippen LogP contribution in [0.25, 0.3) is 0 Å². The Morgan fingerprint density at radius 3 is 2.80 bits per heavy atom. The normalized spacial score (nSPS) is 12.6. The van der Waals surface area contributed by atoms with Gasteiger partial charge in [-0.1, -0.05) is 11.6 Å². The van der Waals surface area contributed by atoms with Gasteiger partial charge in [0.05, 0.1) is 11.9 Å². The molecular formula is C16H16ClF2N5O. The molecule has 0 aliphatic carbocycles. The average Bonchev–Trinajstić information content (AvgIpc) is 2.55. The average molecular weight is 368 g/mol. The van der Waals surface area contributed by atoms with Crippen molar-refractivity contribution in [2.75, 3.05) is 6.61 Å². The quantitative estimate of drug-likeness (QED) is 0.479. The minimum atomic E-state index is -3.07. The molecule has 2 rings (SSSR count). The van der Waals surface area contributed by atoms with Crippen molar-refractivity contribution in [3.63, 3.8) is 0 Å². The molecule has 0 atom stereocenters. The monoisotopic (exact) mass is 367 g/mol. The van der Waals surface area contributed by atoms with E-state index < -0.39 is 5.92 Å². The largest absolute Gasteiger partial charge is 0.457 e. The number of aliphatic imine (C=N–C) groups is 1. The molecule has 9 heteroatoms. The van der Waals surface area contributed by atoms with Crippen LogP contribution in [0.3, 0.4) is 0 Å². The van der Waals surface area contributed by atoms with Crippen LogP contribution in [0.1, 0.15) is 18.2 Å². The Kier molecular flexibility index (Phi) is 5.97. The topological polar surface area (TPSA) is 85.8 Å². The fourth-order valence-electron chi connectivity index (χ4n) is 1.82. The van der Waals surface area contributed by atoms with Crippen molar-refractivity contribution < 1.29 is 13.5 Å². The molecule has 0 spiro atoms. The SMILES string of the molecule is Cc1ccnc(OCC(C=Nc2ccc(Cl)c(C(C)(F)F)c2)=NN)n1. The number of ether oxygens (including phenoxy) is 1. The molecular weight excluding hydrogens is 352 g/mol. The lowest BCUT2D eigenvalue weighted by molar-refractivity contribution is 0.0176. The van der Waals surface area contributed by atoms with E-state index in [0.717, 1.165) is 12.6 Å². The second kappa shape index (κ2) is 7.98. The van der Waals surface area contributed by atoms with Crippen LogP contribution >= 0.6 is 11.6 Å². The van der Waals surface area contributed by atoms with E-state index in [9.17, 15) is 8.78 Å². The fourth-order valence-corrected chi connectivity index (χ4v) is 2.10. The molecule has 0 amide bonds. The number of hydrogen-bond acceptors (Lipinski definition) is 6. The first-order chi connectivity index (χ1) is 11.8. The molecule has 132 valence electrons. The van der Waals surface area contributed by atoms with Crippen LogP contribution in [0.15, 0.2) is 40.6 Å². The molecule has 0 bridgehead atoms. The predicted molar refractivity (Wildman–Crippen MR) is 93.1 cm³/mol. The van der Waals surface area contributed by atoms with Crippen molar-refractivity contribution in [2.24, 2.45) is 15.9 Å². The van der Waals surface area contributed by atoms with E-state index in [2.05, 4.69) is 20.1 Å². The Labute approximate surface area is 148 Å². The zero-order valence-corrected chi connectivity index (χ0v) is 14.3. The summed E-state index contributed by atoms with van der Waals surface area (Å²) in [4.78, 5) is 12.1. The van der Waals surface area contributed by atoms with Gasteiger partial charge in [-0.05, 0) is 31.2 Å². The first-order valence-electron chi connectivity index (χ1n) is 7.20. The van der Waals surface area contributed by atoms with Gasteiger partial charge in [0.25, 0.3) is 5.92 Å². The Morgan fingerprint density at radius 1 is 1.40 bits per heavy atom. The van der Waals surface area contributed by atoms with Crippen molar-refractivity contribution in [2.45, 2.75) is 19.8 Å². The van der Waals surface area contributed by atoms with Crippen LogP contribution < -0.4 is 10.6 Å². The number of aryl methyl sites for hydroxylation is 1. The summed E-state index contributed by atoms with van der Waals surface area (Å²) in [5.74, 6) is 2.22. The first kappa shape index (κ1) is 18.7. The second-order valence-electron chi connectivity index (χ2n) is 5.20. The van der Waals surface area contributed by atoms with Gasteiger partial charge in [0, 0.05) is 29.4 Å². The van der Waals surface area contributed by atoms with Gasteiger partial charge in [-0.15, -0.1) is 0 Å². The van der Waals surface area contributed by atoms with Gasteiger partial charge < -0.3 is 10.6 Å². The van der Waals surface area contributed by atoms with Gasteiger partial charge in [0.15, 0.2) is 0 Å². The number of hydrogen-bond donors (Lipinski definition) is 1. The first-order valence-corrected chi connectivity index (χ1v) is 7.58. The van der Waals surface area contributed by atoms with Crippen molar-refractivity contribution in [3.05, 3.63) is 46.7 Å². The van der Waals surface area contributed by atoms with Crippen molar-refractivity contribution in [1.82, 2.24) is 9.97 Å². The smallest absolute Gasteiger partial charge is 0.316 e. The summed E-state index contributed by atoms with van der Waals surface area (Å²) < 4.78 is 32.3. The third-order valence-electron chi connectivity index (χ3n) is 3.07. The van der Waals surface area contributed by atoms with Crippen LogP contribution in [0.4, 0.5) is 14.5 Å². The Bertz CT molecular complexity index is 805. The number of rotatable bonds is 6. The molecule has 1 heterocycles. The predicted octanol–water partition coefficient (Wildman–Crippen LogP) is 3.65. The summed E-state index contributed by atoms with van der Waals surface area (Å²) in [6.07, 6.45) is 2.88. The maximum Gasteiger partial charge on any atom is 0.316 e. The number of benzene rings is 1. The summed E-state index contributed by atoms with van der Waals surface area (Å²) in [5.41, 5.74) is 1.01. The highest BCUT2D eigenvalue weighted by Crippen LogP contribution is 2.35. The highest BCUT2D eigenvalue weighted by molar-refractivity contribution is 6.32. The lowest BCUT2D eigenvalue weighted by atomic mass is 10.1. The molecule has 0 aliphatic heterocycles. The standard InChI is InChI=1S/C16H16ClF2N5O/c1-10-5-6-21-15(23-10)25-9-12(24-20)8-22-11-3-4-14(17)13(7-11)16(2,18)19/h3-8H,9,20H2,1-2H3. The molecule has 1 aromatic carbocycles. The summed E-state index contributed by atoms with van der Waals surface area (Å²) in [7, 11) is 0. The Hall–Kier alpha value is -2.61. The lowest BCUT2D eigenvalue weighted by Gasteiger charge is -2.12. The lowest BCUT2D eigenvalue weighted by Crippen LogP contribution is -2.16. The molecule has 2 N–H and O–H groups in total. The van der Waals surface area contributed by atoms with E-state index in [4.69, 9.17) is 22.2 Å². The summed E-state index contributed by atoms with van der Waals surface area (Å²) in [6, 6.07) is 5.98. The zero-order valence-electron chi connectivity index (χ0n) is 13.6. The van der Waals surface area contributed by atoms with Crippen molar-refractivity contribution in [1.29, 1.82) is 0 Å². The second-order valence-corrected chi connectivity index (χ2v) is 5.61. The minimum absolute atomic E-state index is 0.0200. The number of nitrogens with two attached hydrogens (primary N) is 1. The highest BCUT2D eigenvalue weighted by Gasteiger charge is 2.27. The minimum Gasteiger partial charge on any atom is -0.457 e. The van der Waals surface area contributed by atoms with Gasteiger partial charge in [-0.3, -0.25) is 4.99 Å². The third kappa shape index (κ3) is 5.46. The van der Waals surface area contributed by atoms with E-state index in [1.807, 2.05) is 0 Å². The molecule has 0 aliphatic rings. The molecule has 0 fully saturated rings. The molecule has 0 saturated heterocycles. The summed E-state index contributed by atoms with van der Waals surface area (Å²) >= 11 is 5.79. The van der Waals surface area contributed by atoms with Crippen molar-refractivity contribution >= 4 is 29.2 Å². The molecule has 0 saturated carbocycles. The summed E-state index contributed by atoms with van der Waals surface area (Å²) in [5, 5.41) is 3.51.